The van der Waals surface area contributed by atoms with E-state index in [4.69, 9.17) is 4.74 Å². The van der Waals surface area contributed by atoms with Crippen LogP contribution < -0.4 is 10.1 Å². The summed E-state index contributed by atoms with van der Waals surface area (Å²) in [4.78, 5) is 18.9. The molecule has 1 aromatic heterocycles. The van der Waals surface area contributed by atoms with Gasteiger partial charge in [0, 0.05) is 24.0 Å². The molecule has 140 valence electrons. The van der Waals surface area contributed by atoms with Crippen molar-refractivity contribution in [3.8, 4) is 5.75 Å². The lowest BCUT2D eigenvalue weighted by Crippen LogP contribution is -2.24. The smallest absolute Gasteiger partial charge is 0.251 e. The summed E-state index contributed by atoms with van der Waals surface area (Å²) in [5, 5.41) is 4.95. The normalized spacial score (nSPS) is 10.8. The Morgan fingerprint density at radius 2 is 1.96 bits per heavy atom. The summed E-state index contributed by atoms with van der Waals surface area (Å²) in [6.07, 6.45) is 0. The van der Waals surface area contributed by atoms with Gasteiger partial charge in [-0.15, -0.1) is 11.3 Å². The van der Waals surface area contributed by atoms with Crippen LogP contribution in [-0.4, -0.2) is 29.9 Å². The van der Waals surface area contributed by atoms with Gasteiger partial charge in [-0.25, -0.2) is 4.98 Å². The number of carbonyl (C=O) groups excluding carboxylic acids is 1. The van der Waals surface area contributed by atoms with Gasteiger partial charge in [-0.1, -0.05) is 30.3 Å². The van der Waals surface area contributed by atoms with E-state index in [1.54, 1.807) is 17.6 Å². The summed E-state index contributed by atoms with van der Waals surface area (Å²) in [7, 11) is 4.07. The Kier molecular flexibility index (Phi) is 6.57. The van der Waals surface area contributed by atoms with Crippen LogP contribution in [0, 0.1) is 0 Å². The summed E-state index contributed by atoms with van der Waals surface area (Å²) >= 11 is 1.53. The maximum absolute atomic E-state index is 12.5. The van der Waals surface area contributed by atoms with Crippen molar-refractivity contribution in [1.82, 2.24) is 15.2 Å². The largest absolute Gasteiger partial charge is 0.487 e. The highest BCUT2D eigenvalue weighted by Gasteiger charge is 2.09. The van der Waals surface area contributed by atoms with E-state index in [1.165, 1.54) is 16.9 Å². The predicted molar refractivity (Wildman–Crippen MR) is 108 cm³/mol. The highest BCUT2D eigenvalue weighted by molar-refractivity contribution is 7.07. The van der Waals surface area contributed by atoms with E-state index < -0.39 is 0 Å². The zero-order valence-corrected chi connectivity index (χ0v) is 16.3. The van der Waals surface area contributed by atoms with Crippen LogP contribution in [0.1, 0.15) is 27.2 Å². The molecule has 0 radical (unpaired) electrons. The van der Waals surface area contributed by atoms with Crippen molar-refractivity contribution in [2.45, 2.75) is 19.7 Å². The number of rotatable bonds is 8. The number of amides is 1. The maximum atomic E-state index is 12.5. The minimum atomic E-state index is -0.117. The lowest BCUT2D eigenvalue weighted by Gasteiger charge is -2.15. The minimum Gasteiger partial charge on any atom is -0.487 e. The molecule has 5 nitrogen and oxygen atoms in total. The molecule has 0 aliphatic rings. The van der Waals surface area contributed by atoms with E-state index >= 15 is 0 Å². The molecule has 0 bridgehead atoms. The van der Waals surface area contributed by atoms with Gasteiger partial charge in [0.1, 0.15) is 12.4 Å². The van der Waals surface area contributed by atoms with Crippen molar-refractivity contribution in [3.63, 3.8) is 0 Å². The number of carbonyl (C=O) groups is 1. The van der Waals surface area contributed by atoms with Gasteiger partial charge in [-0.05, 0) is 43.4 Å². The van der Waals surface area contributed by atoms with Crippen molar-refractivity contribution < 1.29 is 9.53 Å². The first-order chi connectivity index (χ1) is 13.1. The highest BCUT2D eigenvalue weighted by atomic mass is 32.1. The van der Waals surface area contributed by atoms with Crippen LogP contribution in [0.4, 0.5) is 0 Å². The van der Waals surface area contributed by atoms with Gasteiger partial charge >= 0.3 is 0 Å². The van der Waals surface area contributed by atoms with E-state index in [2.05, 4.69) is 21.3 Å². The molecular weight excluding hydrogens is 358 g/mol. The third-order valence-corrected chi connectivity index (χ3v) is 4.65. The molecule has 1 amide bonds. The van der Waals surface area contributed by atoms with E-state index in [-0.39, 0.29) is 5.91 Å². The minimum absolute atomic E-state index is 0.117. The van der Waals surface area contributed by atoms with Gasteiger partial charge in [0.15, 0.2) is 0 Å². The van der Waals surface area contributed by atoms with Crippen LogP contribution in [0.5, 0.6) is 5.75 Å². The second kappa shape index (κ2) is 9.30. The second-order valence-electron chi connectivity index (χ2n) is 6.49. The van der Waals surface area contributed by atoms with E-state index in [9.17, 15) is 4.79 Å². The molecule has 0 aliphatic carbocycles. The van der Waals surface area contributed by atoms with Crippen molar-refractivity contribution >= 4 is 17.2 Å². The van der Waals surface area contributed by atoms with Crippen molar-refractivity contribution in [2.75, 3.05) is 14.1 Å². The van der Waals surface area contributed by atoms with Crippen LogP contribution in [0.3, 0.4) is 0 Å². The monoisotopic (exact) mass is 381 g/mol. The van der Waals surface area contributed by atoms with Gasteiger partial charge in [-0.2, -0.15) is 0 Å². The lowest BCUT2D eigenvalue weighted by atomic mass is 10.1. The maximum Gasteiger partial charge on any atom is 0.251 e. The molecule has 6 heteroatoms. The Morgan fingerprint density at radius 1 is 1.15 bits per heavy atom. The standard InChI is InChI=1S/C21H23N3O2S/c1-24(2)12-18-7-4-3-6-17(18)11-22-21(25)16-8-5-9-20(10-16)26-13-19-14-27-15-23-19/h3-10,14-15H,11-13H2,1-2H3,(H,22,25). The number of thiazole rings is 1. The zero-order chi connectivity index (χ0) is 19.1. The van der Waals surface area contributed by atoms with Gasteiger partial charge in [0.25, 0.3) is 5.91 Å². The third-order valence-electron chi connectivity index (χ3n) is 4.01. The Labute approximate surface area is 163 Å². The lowest BCUT2D eigenvalue weighted by molar-refractivity contribution is 0.0950. The molecule has 0 fully saturated rings. The van der Waals surface area contributed by atoms with Gasteiger partial charge < -0.3 is 15.0 Å². The molecule has 1 N–H and O–H groups in total. The summed E-state index contributed by atoms with van der Waals surface area (Å²) in [6.45, 7) is 1.73. The molecule has 1 heterocycles. The van der Waals surface area contributed by atoms with Gasteiger partial charge in [0.05, 0.1) is 11.2 Å². The van der Waals surface area contributed by atoms with Crippen LogP contribution in [0.15, 0.2) is 59.4 Å². The molecule has 0 saturated carbocycles. The molecule has 0 saturated heterocycles. The first kappa shape index (κ1) is 19.1. The molecule has 3 aromatic rings. The summed E-state index contributed by atoms with van der Waals surface area (Å²) < 4.78 is 5.73. The van der Waals surface area contributed by atoms with Crippen molar-refractivity contribution in [2.24, 2.45) is 0 Å². The number of hydrogen-bond donors (Lipinski definition) is 1. The Balaban J connectivity index is 1.60. The summed E-state index contributed by atoms with van der Waals surface area (Å²) in [6, 6.07) is 15.4. The Bertz CT molecular complexity index is 879. The highest BCUT2D eigenvalue weighted by Crippen LogP contribution is 2.16. The van der Waals surface area contributed by atoms with Gasteiger partial charge in [-0.3, -0.25) is 4.79 Å². The molecule has 0 unspecified atom stereocenters. The predicted octanol–water partition coefficient (Wildman–Crippen LogP) is 3.71. The average Bonchev–Trinajstić information content (AvgIpc) is 3.19. The van der Waals surface area contributed by atoms with Crippen LogP contribution in [-0.2, 0) is 19.7 Å². The summed E-state index contributed by atoms with van der Waals surface area (Å²) in [5.74, 6) is 0.539. The number of aromatic nitrogens is 1. The molecule has 0 atom stereocenters. The fourth-order valence-electron chi connectivity index (χ4n) is 2.70. The zero-order valence-electron chi connectivity index (χ0n) is 15.5. The molecular formula is C21H23N3O2S. The fraction of sp³-hybridized carbons (Fsp3) is 0.238. The first-order valence-corrected chi connectivity index (χ1v) is 9.66. The SMILES string of the molecule is CN(C)Cc1ccccc1CNC(=O)c1cccc(OCc2cscn2)c1. The van der Waals surface area contributed by atoms with E-state index in [1.807, 2.05) is 49.8 Å². The number of nitrogens with zero attached hydrogens (tertiary/aromatic N) is 2. The quantitative estimate of drug-likeness (QED) is 0.646. The molecule has 0 aliphatic heterocycles. The molecule has 3 rings (SSSR count). The first-order valence-electron chi connectivity index (χ1n) is 8.71. The van der Waals surface area contributed by atoms with Crippen LogP contribution >= 0.6 is 11.3 Å². The average molecular weight is 382 g/mol. The third kappa shape index (κ3) is 5.64. The van der Waals surface area contributed by atoms with E-state index in [0.717, 1.165) is 17.8 Å². The van der Waals surface area contributed by atoms with Crippen LogP contribution in [0.25, 0.3) is 0 Å². The number of hydrogen-bond acceptors (Lipinski definition) is 5. The topological polar surface area (TPSA) is 54.5 Å². The second-order valence-corrected chi connectivity index (χ2v) is 7.20. The van der Waals surface area contributed by atoms with Crippen molar-refractivity contribution in [3.05, 3.63) is 81.8 Å². The Hall–Kier alpha value is -2.70. The van der Waals surface area contributed by atoms with Gasteiger partial charge in [0.2, 0.25) is 0 Å². The number of benzene rings is 2. The molecule has 2 aromatic carbocycles. The fourth-order valence-corrected chi connectivity index (χ4v) is 3.24. The van der Waals surface area contributed by atoms with Crippen LogP contribution in [0.2, 0.25) is 0 Å². The number of ether oxygens (including phenoxy) is 1. The van der Waals surface area contributed by atoms with Crippen molar-refractivity contribution in [1.29, 1.82) is 0 Å². The number of nitrogens with one attached hydrogen (secondary N) is 1. The molecule has 0 spiro atoms. The van der Waals surface area contributed by atoms with E-state index in [0.29, 0.717) is 24.5 Å². The molecule has 27 heavy (non-hydrogen) atoms. The summed E-state index contributed by atoms with van der Waals surface area (Å²) in [5.41, 5.74) is 5.57. The Morgan fingerprint density at radius 3 is 2.70 bits per heavy atom.